The van der Waals surface area contributed by atoms with Crippen molar-refractivity contribution in [2.75, 3.05) is 12.3 Å². The third-order valence-electron chi connectivity index (χ3n) is 4.12. The number of anilines is 1. The van der Waals surface area contributed by atoms with E-state index in [1.54, 1.807) is 0 Å². The number of hydrogen-bond donors (Lipinski definition) is 1. The van der Waals surface area contributed by atoms with Crippen LogP contribution in [-0.2, 0) is 17.6 Å². The quantitative estimate of drug-likeness (QED) is 0.848. The molecule has 1 aliphatic carbocycles. The minimum absolute atomic E-state index is 0.312. The highest BCUT2D eigenvalue weighted by atomic mass is 32.1. The summed E-state index contributed by atoms with van der Waals surface area (Å²) in [5.74, 6) is -0.312. The maximum absolute atomic E-state index is 12.3. The van der Waals surface area contributed by atoms with Crippen molar-refractivity contribution >= 4 is 22.3 Å². The molecule has 0 saturated carbocycles. The van der Waals surface area contributed by atoms with Gasteiger partial charge in [-0.1, -0.05) is 25.1 Å². The third-order valence-corrected chi connectivity index (χ3v) is 4.93. The number of nitrogens with two attached hydrogens (primary N) is 1. The zero-order chi connectivity index (χ0) is 15.5. The molecule has 2 aromatic rings. The lowest BCUT2D eigenvalue weighted by Crippen LogP contribution is -2.08. The molecule has 1 aromatic carbocycles. The van der Waals surface area contributed by atoms with E-state index in [2.05, 4.69) is 18.2 Å². The molecule has 0 bridgehead atoms. The molecule has 0 saturated heterocycles. The molecule has 0 fully saturated rings. The van der Waals surface area contributed by atoms with E-state index >= 15 is 0 Å². The number of rotatable bonds is 4. The van der Waals surface area contributed by atoms with Crippen molar-refractivity contribution < 1.29 is 9.53 Å². The van der Waals surface area contributed by atoms with Gasteiger partial charge in [-0.15, -0.1) is 11.3 Å². The smallest absolute Gasteiger partial charge is 0.341 e. The first kappa shape index (κ1) is 15.1. The van der Waals surface area contributed by atoms with E-state index in [1.807, 2.05) is 12.3 Å². The third kappa shape index (κ3) is 2.88. The van der Waals surface area contributed by atoms with Gasteiger partial charge in [0.15, 0.2) is 0 Å². The second-order valence-electron chi connectivity index (χ2n) is 5.72. The van der Waals surface area contributed by atoms with E-state index in [0.717, 1.165) is 30.4 Å². The maximum Gasteiger partial charge on any atom is 0.341 e. The van der Waals surface area contributed by atoms with Crippen LogP contribution in [0.25, 0.3) is 11.1 Å². The van der Waals surface area contributed by atoms with Gasteiger partial charge in [0.25, 0.3) is 0 Å². The number of carbonyl (C=O) groups excluding carboxylic acids is 1. The van der Waals surface area contributed by atoms with Crippen molar-refractivity contribution in [3.8, 4) is 11.1 Å². The Balaban J connectivity index is 1.97. The average Bonchev–Trinajstić information content (AvgIpc) is 2.94. The first-order valence-corrected chi connectivity index (χ1v) is 8.75. The number of thiophene rings is 1. The normalized spacial score (nSPS) is 13.7. The van der Waals surface area contributed by atoms with Gasteiger partial charge < -0.3 is 10.5 Å². The van der Waals surface area contributed by atoms with E-state index in [-0.39, 0.29) is 5.97 Å². The Hall–Kier alpha value is -1.81. The number of hydrogen-bond acceptors (Lipinski definition) is 4. The number of ether oxygens (including phenoxy) is 1. The Bertz CT molecular complexity index is 690. The monoisotopic (exact) mass is 315 g/mol. The molecule has 22 heavy (non-hydrogen) atoms. The zero-order valence-corrected chi connectivity index (χ0v) is 13.7. The molecule has 3 nitrogen and oxygen atoms in total. The minimum Gasteiger partial charge on any atom is -0.462 e. The summed E-state index contributed by atoms with van der Waals surface area (Å²) in [5, 5.41) is 2.50. The molecule has 0 unspecified atom stereocenters. The fraction of sp³-hybridized carbons (Fsp3) is 0.389. The number of benzene rings is 1. The number of fused-ring (bicyclic) bond motifs is 1. The van der Waals surface area contributed by atoms with Gasteiger partial charge in [-0.3, -0.25) is 0 Å². The second-order valence-corrected chi connectivity index (χ2v) is 6.63. The van der Waals surface area contributed by atoms with Crippen molar-refractivity contribution in [1.29, 1.82) is 0 Å². The predicted octanol–water partition coefficient (Wildman–Crippen LogP) is 4.44. The standard InChI is InChI=1S/C18H21NO2S/c1-2-9-21-18(20)16-15(11-22-17(16)19)14-8-7-12-5-3-4-6-13(12)10-14/h7-8,10-11H,2-6,9,19H2,1H3. The molecule has 0 aliphatic heterocycles. The van der Waals surface area contributed by atoms with Crippen molar-refractivity contribution in [1.82, 2.24) is 0 Å². The summed E-state index contributed by atoms with van der Waals surface area (Å²) in [6.45, 7) is 2.41. The summed E-state index contributed by atoms with van der Waals surface area (Å²) >= 11 is 1.40. The summed E-state index contributed by atoms with van der Waals surface area (Å²) in [6, 6.07) is 6.51. The molecule has 0 radical (unpaired) electrons. The van der Waals surface area contributed by atoms with Crippen LogP contribution in [-0.4, -0.2) is 12.6 Å². The van der Waals surface area contributed by atoms with E-state index < -0.39 is 0 Å². The number of esters is 1. The van der Waals surface area contributed by atoms with Gasteiger partial charge in [-0.05, 0) is 48.8 Å². The predicted molar refractivity (Wildman–Crippen MR) is 91.4 cm³/mol. The van der Waals surface area contributed by atoms with Crippen LogP contribution in [0.4, 0.5) is 5.00 Å². The average molecular weight is 315 g/mol. The van der Waals surface area contributed by atoms with Gasteiger partial charge in [-0.25, -0.2) is 4.79 Å². The lowest BCUT2D eigenvalue weighted by atomic mass is 9.89. The van der Waals surface area contributed by atoms with Crippen LogP contribution in [0.15, 0.2) is 23.6 Å². The first-order chi connectivity index (χ1) is 10.7. The largest absolute Gasteiger partial charge is 0.462 e. The molecule has 1 aromatic heterocycles. The summed E-state index contributed by atoms with van der Waals surface area (Å²) in [6.07, 6.45) is 5.61. The number of carbonyl (C=O) groups is 1. The fourth-order valence-corrected chi connectivity index (χ4v) is 3.77. The lowest BCUT2D eigenvalue weighted by molar-refractivity contribution is 0.0508. The van der Waals surface area contributed by atoms with Crippen LogP contribution in [0.5, 0.6) is 0 Å². The molecule has 1 aliphatic rings. The molecular formula is C18H21NO2S. The first-order valence-electron chi connectivity index (χ1n) is 7.87. The molecule has 0 spiro atoms. The van der Waals surface area contributed by atoms with Gasteiger partial charge in [0, 0.05) is 10.9 Å². The van der Waals surface area contributed by atoms with Crippen molar-refractivity contribution in [3.05, 3.63) is 40.3 Å². The van der Waals surface area contributed by atoms with Gasteiger partial charge in [0.05, 0.1) is 6.61 Å². The molecular weight excluding hydrogens is 294 g/mol. The van der Waals surface area contributed by atoms with E-state index in [9.17, 15) is 4.79 Å². The molecule has 3 rings (SSSR count). The van der Waals surface area contributed by atoms with Crippen LogP contribution < -0.4 is 5.73 Å². The van der Waals surface area contributed by atoms with Crippen molar-refractivity contribution in [3.63, 3.8) is 0 Å². The Morgan fingerprint density at radius 1 is 1.27 bits per heavy atom. The number of aryl methyl sites for hydroxylation is 2. The fourth-order valence-electron chi connectivity index (χ4n) is 2.96. The highest BCUT2D eigenvalue weighted by molar-refractivity contribution is 7.14. The summed E-state index contributed by atoms with van der Waals surface area (Å²) < 4.78 is 5.28. The SMILES string of the molecule is CCCOC(=O)c1c(-c2ccc3c(c2)CCCC3)csc1N. The Labute approximate surface area is 135 Å². The highest BCUT2D eigenvalue weighted by Crippen LogP contribution is 2.36. The Morgan fingerprint density at radius 2 is 2.05 bits per heavy atom. The van der Waals surface area contributed by atoms with Crippen molar-refractivity contribution in [2.45, 2.75) is 39.0 Å². The summed E-state index contributed by atoms with van der Waals surface area (Å²) in [7, 11) is 0. The molecule has 2 N–H and O–H groups in total. The molecule has 1 heterocycles. The summed E-state index contributed by atoms with van der Waals surface area (Å²) in [4.78, 5) is 12.3. The lowest BCUT2D eigenvalue weighted by Gasteiger charge is -2.16. The van der Waals surface area contributed by atoms with E-state index in [1.165, 1.54) is 35.3 Å². The highest BCUT2D eigenvalue weighted by Gasteiger charge is 2.21. The van der Waals surface area contributed by atoms with Crippen molar-refractivity contribution in [2.24, 2.45) is 0 Å². The minimum atomic E-state index is -0.312. The van der Waals surface area contributed by atoms with Crippen LogP contribution in [0.3, 0.4) is 0 Å². The van der Waals surface area contributed by atoms with Gasteiger partial charge in [0.2, 0.25) is 0 Å². The van der Waals surface area contributed by atoms with Crippen LogP contribution in [0, 0.1) is 0 Å². The van der Waals surface area contributed by atoms with E-state index in [4.69, 9.17) is 10.5 Å². The van der Waals surface area contributed by atoms with E-state index in [0.29, 0.717) is 17.2 Å². The topological polar surface area (TPSA) is 52.3 Å². The molecule has 4 heteroatoms. The van der Waals surface area contributed by atoms with Crippen LogP contribution >= 0.6 is 11.3 Å². The Kier molecular flexibility index (Phi) is 4.48. The van der Waals surface area contributed by atoms with Gasteiger partial charge >= 0.3 is 5.97 Å². The Morgan fingerprint density at radius 3 is 2.82 bits per heavy atom. The summed E-state index contributed by atoms with van der Waals surface area (Å²) in [5.41, 5.74) is 11.3. The molecule has 0 amide bonds. The molecule has 0 atom stereocenters. The second kappa shape index (κ2) is 6.53. The van der Waals surface area contributed by atoms with Gasteiger partial charge in [0.1, 0.15) is 10.6 Å². The van der Waals surface area contributed by atoms with Crippen LogP contribution in [0.1, 0.15) is 47.7 Å². The van der Waals surface area contributed by atoms with Crippen LogP contribution in [0.2, 0.25) is 0 Å². The molecule has 116 valence electrons. The zero-order valence-electron chi connectivity index (χ0n) is 12.9. The number of nitrogen functional groups attached to an aromatic ring is 1. The van der Waals surface area contributed by atoms with Gasteiger partial charge in [-0.2, -0.15) is 0 Å². The maximum atomic E-state index is 12.3.